The van der Waals surface area contributed by atoms with Gasteiger partial charge in [0.05, 0.1) is 16.7 Å². The van der Waals surface area contributed by atoms with E-state index < -0.39 is 13.7 Å². The van der Waals surface area contributed by atoms with Crippen molar-refractivity contribution in [1.82, 2.24) is 14.1 Å². The first-order chi connectivity index (χ1) is 46.5. The van der Waals surface area contributed by atoms with E-state index in [1.54, 1.807) is 18.2 Å². The van der Waals surface area contributed by atoms with Gasteiger partial charge < -0.3 is 13.9 Å². The van der Waals surface area contributed by atoms with E-state index >= 15 is 0 Å². The summed E-state index contributed by atoms with van der Waals surface area (Å²) in [5, 5.41) is 2.10. The molecule has 0 spiro atoms. The number of benzene rings is 10. The Kier molecular flexibility index (Phi) is 14.0. The van der Waals surface area contributed by atoms with Crippen molar-refractivity contribution in [3.8, 4) is 95.5 Å². The molecule has 0 amide bonds. The second-order valence-electron chi connectivity index (χ2n) is 30.6. The van der Waals surface area contributed by atoms with Crippen LogP contribution >= 0.6 is 0 Å². The van der Waals surface area contributed by atoms with Crippen LogP contribution in [0.4, 0.5) is 0 Å². The van der Waals surface area contributed by atoms with Crippen LogP contribution in [0.2, 0.25) is 0 Å². The van der Waals surface area contributed by atoms with E-state index in [0.717, 1.165) is 111 Å². The zero-order chi connectivity index (χ0) is 70.4. The monoisotopic (exact) mass is 1410 g/mol. The number of fused-ring (bicyclic) bond motifs is 10. The number of ether oxygens (including phenoxy) is 1. The zero-order valence-corrected chi connectivity index (χ0v) is 58.8. The molecule has 1 aliphatic heterocycles. The maximum absolute atomic E-state index is 9.08. The molecule has 94 heavy (non-hydrogen) atoms. The quantitative estimate of drug-likeness (QED) is 0.118. The number of hydrogen-bond acceptors (Lipinski definition) is 2. The van der Waals surface area contributed by atoms with Crippen LogP contribution in [0.5, 0.6) is 11.5 Å². The van der Waals surface area contributed by atoms with Gasteiger partial charge in [-0.3, -0.25) is 4.57 Å². The van der Waals surface area contributed by atoms with Gasteiger partial charge in [-0.25, -0.2) is 4.98 Å². The molecule has 13 aromatic rings. The number of imidazole rings is 1. The minimum absolute atomic E-state index is 0. The Balaban J connectivity index is 0.00000896. The minimum Gasteiger partial charge on any atom is -0.510 e. The Hall–Kier alpha value is -8.89. The summed E-state index contributed by atoms with van der Waals surface area (Å²) in [6.45, 7) is 28.3. The molecule has 5 nitrogen and oxygen atoms in total. The molecule has 4 heterocycles. The van der Waals surface area contributed by atoms with E-state index in [-0.39, 0.29) is 64.8 Å². The molecule has 14 rings (SSSR count). The Morgan fingerprint density at radius 2 is 0.926 bits per heavy atom. The van der Waals surface area contributed by atoms with E-state index in [0.29, 0.717) is 22.7 Å². The smallest absolute Gasteiger partial charge is 0.268 e. The van der Waals surface area contributed by atoms with Crippen LogP contribution in [-0.2, 0) is 48.1 Å². The molecule has 10 aromatic carbocycles. The molecule has 0 saturated carbocycles. The second-order valence-corrected chi connectivity index (χ2v) is 30.6. The molecular formula is C88H84N4OPt-2. The van der Waals surface area contributed by atoms with Crippen molar-refractivity contribution in [2.24, 2.45) is 0 Å². The van der Waals surface area contributed by atoms with Crippen LogP contribution in [0.25, 0.3) is 117 Å². The molecule has 3 aromatic heterocycles. The Morgan fingerprint density at radius 1 is 0.415 bits per heavy atom. The fourth-order valence-corrected chi connectivity index (χ4v) is 13.4. The third-order valence-corrected chi connectivity index (χ3v) is 18.8. The third-order valence-electron chi connectivity index (χ3n) is 18.8. The summed E-state index contributed by atoms with van der Waals surface area (Å²) in [4.78, 5) is 4.95. The van der Waals surface area contributed by atoms with E-state index in [1.165, 1.54) is 16.7 Å². The summed E-state index contributed by atoms with van der Waals surface area (Å²) in [6.07, 6.45) is 5.94. The Bertz CT molecular complexity index is 5320. The van der Waals surface area contributed by atoms with Crippen LogP contribution in [-0.4, -0.2) is 14.1 Å². The van der Waals surface area contributed by atoms with Crippen molar-refractivity contribution in [1.29, 1.82) is 0 Å². The molecule has 1 aliphatic rings. The fourth-order valence-electron chi connectivity index (χ4n) is 13.4. The summed E-state index contributed by atoms with van der Waals surface area (Å²) < 4.78 is 67.9. The van der Waals surface area contributed by atoms with Crippen LogP contribution < -0.4 is 9.30 Å². The summed E-state index contributed by atoms with van der Waals surface area (Å²) in [6, 6.07) is 74.4. The number of aryl methyl sites for hydroxylation is 2. The normalized spacial score (nSPS) is 13.9. The van der Waals surface area contributed by atoms with E-state index in [1.807, 2.05) is 48.7 Å². The van der Waals surface area contributed by atoms with Crippen LogP contribution in [0, 0.1) is 32.2 Å². The van der Waals surface area contributed by atoms with E-state index in [9.17, 15) is 0 Å². The van der Waals surface area contributed by atoms with Gasteiger partial charge in [-0.1, -0.05) is 237 Å². The van der Waals surface area contributed by atoms with Gasteiger partial charge in [0, 0.05) is 52.5 Å². The predicted octanol–water partition coefficient (Wildman–Crippen LogP) is 23.0. The Labute approximate surface area is 579 Å². The SMILES string of the molecule is [2H]C([2H])([2H])c1cccc(C([2H])([2H])[2H])c1-c1cc(-c2cc(C(C)(C)C)cc(C(C)(C)C)c2)c2c(c1)-c1ccccc1-c1ccccc1-c1cc(-c3cc(C(C)(C)C)cc(C(C)(C)C)c3)cc3c1[n+]-2[c-]n3-c1[c-]c(Oc2[c-]c3c(cc2)c2ccccc2n3-c2cc(C(C)(C)C)ccn2)ccc1.[Pt]. The molecule has 0 unspecified atom stereocenters. The van der Waals surface area contributed by atoms with Gasteiger partial charge in [0.2, 0.25) is 0 Å². The van der Waals surface area contributed by atoms with Crippen molar-refractivity contribution < 1.29 is 38.6 Å². The summed E-state index contributed by atoms with van der Waals surface area (Å²) >= 11 is 0. The number of aromatic nitrogens is 4. The first-order valence-electron chi connectivity index (χ1n) is 35.5. The molecule has 0 atom stereocenters. The molecule has 0 fully saturated rings. The topological polar surface area (TPSA) is 35.9 Å². The molecule has 0 aliphatic carbocycles. The van der Waals surface area contributed by atoms with Crippen LogP contribution in [0.1, 0.15) is 151 Å². The molecule has 0 saturated heterocycles. The van der Waals surface area contributed by atoms with Crippen molar-refractivity contribution in [2.45, 2.75) is 145 Å². The van der Waals surface area contributed by atoms with Gasteiger partial charge in [-0.05, 0) is 194 Å². The molecule has 0 bridgehead atoms. The van der Waals surface area contributed by atoms with Gasteiger partial charge in [-0.15, -0.1) is 29.7 Å². The van der Waals surface area contributed by atoms with Crippen molar-refractivity contribution in [3.05, 3.63) is 258 Å². The molecule has 0 radical (unpaired) electrons. The first-order valence-corrected chi connectivity index (χ1v) is 32.5. The first kappa shape index (κ1) is 56.6. The molecule has 474 valence electrons. The van der Waals surface area contributed by atoms with E-state index in [4.69, 9.17) is 17.9 Å². The predicted molar refractivity (Wildman–Crippen MR) is 389 cm³/mol. The molecule has 6 heteroatoms. The summed E-state index contributed by atoms with van der Waals surface area (Å²) in [5.74, 6) is 1.76. The van der Waals surface area contributed by atoms with E-state index in [2.05, 4.69) is 269 Å². The van der Waals surface area contributed by atoms with Crippen LogP contribution in [0.15, 0.2) is 200 Å². The largest absolute Gasteiger partial charge is 0.510 e. The fraction of sp³-hybridized carbons (Fsp3) is 0.250. The zero-order valence-electron chi connectivity index (χ0n) is 62.6. The number of nitrogens with zero attached hydrogens (tertiary/aromatic N) is 4. The second kappa shape index (κ2) is 23.2. The third kappa shape index (κ3) is 11.5. The summed E-state index contributed by atoms with van der Waals surface area (Å²) in [5.41, 5.74) is 19.4. The van der Waals surface area contributed by atoms with Gasteiger partial charge in [0.1, 0.15) is 5.82 Å². The molecular weight excluding hydrogens is 1320 g/mol. The minimum atomic E-state index is -2.68. The number of pyridine rings is 1. The number of rotatable bonds is 7. The van der Waals surface area contributed by atoms with Gasteiger partial charge >= 0.3 is 0 Å². The van der Waals surface area contributed by atoms with Crippen molar-refractivity contribution in [3.63, 3.8) is 0 Å². The van der Waals surface area contributed by atoms with Gasteiger partial charge in [-0.2, -0.15) is 18.2 Å². The molecule has 0 N–H and O–H groups in total. The van der Waals surface area contributed by atoms with Crippen molar-refractivity contribution >= 4 is 32.8 Å². The number of hydrogen-bond donors (Lipinski definition) is 0. The Morgan fingerprint density at radius 3 is 1.52 bits per heavy atom. The van der Waals surface area contributed by atoms with Gasteiger partial charge in [0.25, 0.3) is 6.33 Å². The number of para-hydroxylation sites is 1. The average Bonchev–Trinajstić information content (AvgIpc) is 1.51. The summed E-state index contributed by atoms with van der Waals surface area (Å²) in [7, 11) is 0. The maximum Gasteiger partial charge on any atom is 0.268 e. The maximum atomic E-state index is 9.08. The van der Waals surface area contributed by atoms with Crippen LogP contribution in [0.3, 0.4) is 0 Å². The van der Waals surface area contributed by atoms with Gasteiger partial charge in [0.15, 0.2) is 0 Å². The average molecular weight is 1410 g/mol. The van der Waals surface area contributed by atoms with Crippen molar-refractivity contribution in [2.75, 3.05) is 0 Å². The standard InChI is InChI=1S/C88H84N4O.Pt/c1-54-26-24-27-55(2)81(54)59-45-74(58-42-63(87(12,13)14)49-64(43-58)88(15,16)17)82-75(46-59)70-32-20-18-30-68(70)69-31-19-21-33-71(69)76-44-57(56-40-61(85(6,7)8)48-62(41-56)86(9,10)11)47-79-83(76)91(82)53-90(79)65-28-25-29-66(51-65)93-67-36-37-73-72-34-22-23-35-77(72)92(78(73)52-67)80-50-60(38-39-89-80)84(3,4)5;/h18-50H,1-17H3;/q-2;/i1D3,2D3;.